The molecule has 0 aliphatic rings. The van der Waals surface area contributed by atoms with Crippen LogP contribution in [0.4, 0.5) is 0 Å². The van der Waals surface area contributed by atoms with Crippen LogP contribution in [0.3, 0.4) is 0 Å². The van der Waals surface area contributed by atoms with Crippen molar-refractivity contribution in [1.82, 2.24) is 0 Å². The molecule has 0 amide bonds. The lowest BCUT2D eigenvalue weighted by molar-refractivity contribution is -0.136. The molecule has 0 spiro atoms. The second kappa shape index (κ2) is 5.80. The van der Waals surface area contributed by atoms with Gasteiger partial charge in [-0.1, -0.05) is 25.5 Å². The van der Waals surface area contributed by atoms with E-state index < -0.39 is 22.0 Å². The van der Waals surface area contributed by atoms with E-state index in [1.54, 1.807) is 18.2 Å². The third kappa shape index (κ3) is 3.17. The van der Waals surface area contributed by atoms with Gasteiger partial charge in [0.15, 0.2) is 0 Å². The number of benzene rings is 1. The molecule has 2 atom stereocenters. The number of rotatable bonds is 5. The summed E-state index contributed by atoms with van der Waals surface area (Å²) in [5.74, 6) is -0.985. The van der Waals surface area contributed by atoms with Crippen molar-refractivity contribution in [3.63, 3.8) is 0 Å². The average molecular weight is 240 g/mol. The van der Waals surface area contributed by atoms with E-state index in [1.165, 1.54) is 0 Å². The lowest BCUT2D eigenvalue weighted by Gasteiger charge is -2.11. The minimum absolute atomic E-state index is 0.440. The number of hydrogen-bond acceptors (Lipinski definition) is 2. The second-order valence-corrected chi connectivity index (χ2v) is 5.36. The standard InChI is InChI=1S/C12H16O3S/c1-3-5-11(12(13)14)16(15)10-7-4-6-9(2)8-10/h4,6-8,11H,3,5H2,1-2H3,(H,13,14). The largest absolute Gasteiger partial charge is 0.480 e. The summed E-state index contributed by atoms with van der Waals surface area (Å²) in [6.45, 7) is 3.79. The van der Waals surface area contributed by atoms with Gasteiger partial charge >= 0.3 is 5.97 Å². The number of carboxylic acid groups (broad SMARTS) is 1. The Kier molecular flexibility index (Phi) is 4.68. The van der Waals surface area contributed by atoms with Gasteiger partial charge in [-0.3, -0.25) is 9.00 Å². The fourth-order valence-corrected chi connectivity index (χ4v) is 2.97. The first kappa shape index (κ1) is 12.9. The Balaban J connectivity index is 2.94. The maximum absolute atomic E-state index is 12.1. The van der Waals surface area contributed by atoms with Crippen molar-refractivity contribution in [2.75, 3.05) is 0 Å². The lowest BCUT2D eigenvalue weighted by atomic mass is 10.2. The average Bonchev–Trinajstić information content (AvgIpc) is 2.24. The molecule has 16 heavy (non-hydrogen) atoms. The highest BCUT2D eigenvalue weighted by Crippen LogP contribution is 2.16. The molecular formula is C12H16O3S. The van der Waals surface area contributed by atoms with Crippen molar-refractivity contribution < 1.29 is 14.1 Å². The molecule has 0 heterocycles. The van der Waals surface area contributed by atoms with Gasteiger partial charge in [0, 0.05) is 4.90 Å². The van der Waals surface area contributed by atoms with Crippen molar-refractivity contribution in [1.29, 1.82) is 0 Å². The summed E-state index contributed by atoms with van der Waals surface area (Å²) in [5.41, 5.74) is 0.992. The molecule has 0 fully saturated rings. The van der Waals surface area contributed by atoms with Gasteiger partial charge in [0.1, 0.15) is 5.25 Å². The van der Waals surface area contributed by atoms with Crippen LogP contribution < -0.4 is 0 Å². The summed E-state index contributed by atoms with van der Waals surface area (Å²) in [4.78, 5) is 11.6. The first-order chi connectivity index (χ1) is 7.56. The SMILES string of the molecule is CCCC(C(=O)O)S(=O)c1cccc(C)c1. The molecule has 1 aromatic carbocycles. The number of aryl methyl sites for hydroxylation is 1. The van der Waals surface area contributed by atoms with Gasteiger partial charge in [-0.05, 0) is 31.0 Å². The van der Waals surface area contributed by atoms with Gasteiger partial charge in [0.2, 0.25) is 0 Å². The molecule has 3 nitrogen and oxygen atoms in total. The topological polar surface area (TPSA) is 54.4 Å². The summed E-state index contributed by atoms with van der Waals surface area (Å²) < 4.78 is 12.1. The van der Waals surface area contributed by atoms with Crippen molar-refractivity contribution in [3.8, 4) is 0 Å². The first-order valence-electron chi connectivity index (χ1n) is 5.26. The van der Waals surface area contributed by atoms with Crippen LogP contribution in [0.1, 0.15) is 25.3 Å². The number of carbonyl (C=O) groups is 1. The van der Waals surface area contributed by atoms with Crippen LogP contribution in [0.25, 0.3) is 0 Å². The summed E-state index contributed by atoms with van der Waals surface area (Å²) in [6, 6.07) is 7.19. The van der Waals surface area contributed by atoms with E-state index in [9.17, 15) is 9.00 Å². The molecule has 0 aliphatic heterocycles. The van der Waals surface area contributed by atoms with Gasteiger partial charge in [-0.15, -0.1) is 0 Å². The molecule has 1 N–H and O–H groups in total. The van der Waals surface area contributed by atoms with Crippen LogP contribution >= 0.6 is 0 Å². The van der Waals surface area contributed by atoms with Crippen LogP contribution in [0, 0.1) is 6.92 Å². The molecule has 0 aliphatic carbocycles. The summed E-state index contributed by atoms with van der Waals surface area (Å²) >= 11 is 0. The van der Waals surface area contributed by atoms with Gasteiger partial charge in [0.05, 0.1) is 10.8 Å². The molecule has 0 aromatic heterocycles. The smallest absolute Gasteiger partial charge is 0.319 e. The minimum Gasteiger partial charge on any atom is -0.480 e. The van der Waals surface area contributed by atoms with Crippen molar-refractivity contribution in [2.24, 2.45) is 0 Å². The predicted octanol–water partition coefficient (Wildman–Crippen LogP) is 2.36. The third-order valence-electron chi connectivity index (χ3n) is 2.31. The number of aliphatic carboxylic acids is 1. The fraction of sp³-hybridized carbons (Fsp3) is 0.417. The molecule has 0 saturated heterocycles. The molecule has 0 radical (unpaired) electrons. The lowest BCUT2D eigenvalue weighted by Crippen LogP contribution is -2.25. The zero-order valence-corrected chi connectivity index (χ0v) is 10.3. The Labute approximate surface area is 98.0 Å². The zero-order valence-electron chi connectivity index (χ0n) is 9.47. The summed E-state index contributed by atoms with van der Waals surface area (Å²) in [6.07, 6.45) is 1.16. The molecule has 2 unspecified atom stereocenters. The van der Waals surface area contributed by atoms with Gasteiger partial charge in [-0.2, -0.15) is 0 Å². The van der Waals surface area contributed by atoms with E-state index >= 15 is 0 Å². The highest BCUT2D eigenvalue weighted by atomic mass is 32.2. The second-order valence-electron chi connectivity index (χ2n) is 3.73. The van der Waals surface area contributed by atoms with E-state index in [0.717, 1.165) is 5.56 Å². The van der Waals surface area contributed by atoms with E-state index in [1.807, 2.05) is 19.9 Å². The van der Waals surface area contributed by atoms with E-state index in [0.29, 0.717) is 17.7 Å². The van der Waals surface area contributed by atoms with Crippen LogP contribution in [0.5, 0.6) is 0 Å². The third-order valence-corrected chi connectivity index (χ3v) is 3.98. The summed E-state index contributed by atoms with van der Waals surface area (Å²) in [7, 11) is -1.46. The van der Waals surface area contributed by atoms with Crippen LogP contribution in [0.2, 0.25) is 0 Å². The molecule has 0 saturated carbocycles. The predicted molar refractivity (Wildman–Crippen MR) is 63.9 cm³/mol. The van der Waals surface area contributed by atoms with Crippen LogP contribution in [-0.4, -0.2) is 20.5 Å². The van der Waals surface area contributed by atoms with E-state index in [-0.39, 0.29) is 0 Å². The van der Waals surface area contributed by atoms with Crippen molar-refractivity contribution >= 4 is 16.8 Å². The fourth-order valence-electron chi connectivity index (χ4n) is 1.49. The Hall–Kier alpha value is -1.16. The molecule has 88 valence electrons. The maximum atomic E-state index is 12.1. The monoisotopic (exact) mass is 240 g/mol. The Morgan fingerprint density at radius 1 is 1.50 bits per heavy atom. The quantitative estimate of drug-likeness (QED) is 0.859. The van der Waals surface area contributed by atoms with E-state index in [4.69, 9.17) is 5.11 Å². The zero-order chi connectivity index (χ0) is 12.1. The Morgan fingerprint density at radius 3 is 2.69 bits per heavy atom. The molecule has 1 aromatic rings. The Morgan fingerprint density at radius 2 is 2.19 bits per heavy atom. The van der Waals surface area contributed by atoms with Crippen LogP contribution in [0.15, 0.2) is 29.2 Å². The van der Waals surface area contributed by atoms with E-state index in [2.05, 4.69) is 0 Å². The summed E-state index contributed by atoms with van der Waals surface area (Å²) in [5, 5.41) is 8.21. The maximum Gasteiger partial charge on any atom is 0.319 e. The molecule has 0 bridgehead atoms. The minimum atomic E-state index is -1.46. The highest BCUT2D eigenvalue weighted by molar-refractivity contribution is 7.86. The van der Waals surface area contributed by atoms with Crippen molar-refractivity contribution in [2.45, 2.75) is 36.8 Å². The molecular weight excluding hydrogens is 224 g/mol. The van der Waals surface area contributed by atoms with Gasteiger partial charge in [0.25, 0.3) is 0 Å². The van der Waals surface area contributed by atoms with Gasteiger partial charge in [-0.25, -0.2) is 0 Å². The highest BCUT2D eigenvalue weighted by Gasteiger charge is 2.24. The normalized spacial score (nSPS) is 14.4. The van der Waals surface area contributed by atoms with Crippen LogP contribution in [-0.2, 0) is 15.6 Å². The number of hydrogen-bond donors (Lipinski definition) is 1. The molecule has 1 rings (SSSR count). The van der Waals surface area contributed by atoms with Gasteiger partial charge < -0.3 is 5.11 Å². The molecule has 4 heteroatoms. The van der Waals surface area contributed by atoms with Crippen molar-refractivity contribution in [3.05, 3.63) is 29.8 Å². The Bertz CT molecular complexity index is 401. The first-order valence-corrected chi connectivity index (χ1v) is 6.47. The number of carboxylic acids is 1.